The highest BCUT2D eigenvalue weighted by Gasteiger charge is 2.18. The standard InChI is InChI=1S/C11H17N3O/c1-7(13-10-5-4-6-12-10)11-8(2)14-15-9(11)3/h7H,4-6H2,1-3H3,(H,12,13). The molecular weight excluding hydrogens is 190 g/mol. The second-order valence-electron chi connectivity index (χ2n) is 4.04. The van der Waals surface area contributed by atoms with E-state index in [1.807, 2.05) is 13.8 Å². The summed E-state index contributed by atoms with van der Waals surface area (Å²) in [5.41, 5.74) is 2.12. The van der Waals surface area contributed by atoms with E-state index in [2.05, 4.69) is 22.4 Å². The molecule has 2 rings (SSSR count). The zero-order valence-corrected chi connectivity index (χ0v) is 9.50. The van der Waals surface area contributed by atoms with E-state index in [9.17, 15) is 0 Å². The summed E-state index contributed by atoms with van der Waals surface area (Å²) in [6.45, 7) is 6.99. The van der Waals surface area contributed by atoms with Gasteiger partial charge >= 0.3 is 0 Å². The average Bonchev–Trinajstić information content (AvgIpc) is 2.77. The van der Waals surface area contributed by atoms with Gasteiger partial charge < -0.3 is 9.84 Å². The van der Waals surface area contributed by atoms with Crippen molar-refractivity contribution < 1.29 is 4.52 Å². The highest BCUT2D eigenvalue weighted by Crippen LogP contribution is 2.21. The van der Waals surface area contributed by atoms with Crippen LogP contribution in [0.2, 0.25) is 0 Å². The molecule has 0 aliphatic carbocycles. The molecule has 0 amide bonds. The van der Waals surface area contributed by atoms with Gasteiger partial charge in [-0.1, -0.05) is 5.16 Å². The molecule has 1 N–H and O–H groups in total. The first-order chi connectivity index (χ1) is 7.18. The minimum Gasteiger partial charge on any atom is -0.367 e. The fraction of sp³-hybridized carbons (Fsp3) is 0.636. The number of aryl methyl sites for hydroxylation is 2. The number of hydrogen-bond donors (Lipinski definition) is 1. The summed E-state index contributed by atoms with van der Waals surface area (Å²) >= 11 is 0. The van der Waals surface area contributed by atoms with Gasteiger partial charge in [0.15, 0.2) is 0 Å². The van der Waals surface area contributed by atoms with Gasteiger partial charge in [0.05, 0.1) is 17.6 Å². The molecule has 1 aliphatic rings. The van der Waals surface area contributed by atoms with Crippen molar-refractivity contribution in [2.75, 3.05) is 6.54 Å². The molecule has 0 saturated carbocycles. The van der Waals surface area contributed by atoms with Crippen LogP contribution in [0.3, 0.4) is 0 Å². The normalized spacial score (nSPS) is 17.7. The summed E-state index contributed by atoms with van der Waals surface area (Å²) in [5.74, 6) is 2.01. The molecule has 82 valence electrons. The van der Waals surface area contributed by atoms with Crippen LogP contribution in [0.4, 0.5) is 0 Å². The lowest BCUT2D eigenvalue weighted by molar-refractivity contribution is 0.391. The minimum absolute atomic E-state index is 0.230. The van der Waals surface area contributed by atoms with Crippen molar-refractivity contribution in [3.8, 4) is 0 Å². The molecular formula is C11H17N3O. The Morgan fingerprint density at radius 3 is 2.73 bits per heavy atom. The third-order valence-electron chi connectivity index (χ3n) is 2.78. The number of aliphatic imine (C=N–C) groups is 1. The van der Waals surface area contributed by atoms with Crippen LogP contribution in [-0.4, -0.2) is 17.5 Å². The van der Waals surface area contributed by atoms with Gasteiger partial charge in [-0.2, -0.15) is 0 Å². The van der Waals surface area contributed by atoms with Crippen LogP contribution in [0.25, 0.3) is 0 Å². The zero-order valence-electron chi connectivity index (χ0n) is 9.50. The van der Waals surface area contributed by atoms with E-state index in [1.165, 1.54) is 0 Å². The second-order valence-corrected chi connectivity index (χ2v) is 4.04. The van der Waals surface area contributed by atoms with Gasteiger partial charge in [-0.15, -0.1) is 0 Å². The zero-order chi connectivity index (χ0) is 10.8. The summed E-state index contributed by atoms with van der Waals surface area (Å²) in [5, 5.41) is 7.37. The number of hydrogen-bond acceptors (Lipinski definition) is 4. The van der Waals surface area contributed by atoms with E-state index in [-0.39, 0.29) is 6.04 Å². The number of aromatic nitrogens is 1. The lowest BCUT2D eigenvalue weighted by Crippen LogP contribution is -2.25. The molecule has 1 aromatic heterocycles. The van der Waals surface area contributed by atoms with Gasteiger partial charge in [-0.3, -0.25) is 4.99 Å². The van der Waals surface area contributed by atoms with Gasteiger partial charge in [0.25, 0.3) is 0 Å². The van der Waals surface area contributed by atoms with Gasteiger partial charge in [0.2, 0.25) is 0 Å². The molecule has 1 unspecified atom stereocenters. The van der Waals surface area contributed by atoms with Crippen LogP contribution in [0.5, 0.6) is 0 Å². The van der Waals surface area contributed by atoms with E-state index >= 15 is 0 Å². The number of nitrogens with zero attached hydrogens (tertiary/aromatic N) is 2. The molecule has 1 aliphatic heterocycles. The van der Waals surface area contributed by atoms with Crippen molar-refractivity contribution in [3.63, 3.8) is 0 Å². The summed E-state index contributed by atoms with van der Waals surface area (Å²) in [6, 6.07) is 0.230. The highest BCUT2D eigenvalue weighted by atomic mass is 16.5. The summed E-state index contributed by atoms with van der Waals surface area (Å²) in [6.07, 6.45) is 2.23. The smallest absolute Gasteiger partial charge is 0.139 e. The van der Waals surface area contributed by atoms with Crippen molar-refractivity contribution in [2.24, 2.45) is 4.99 Å². The Bertz CT molecular complexity index is 362. The molecule has 4 nitrogen and oxygen atoms in total. The Morgan fingerprint density at radius 1 is 1.40 bits per heavy atom. The third-order valence-corrected chi connectivity index (χ3v) is 2.78. The first kappa shape index (κ1) is 10.2. The van der Waals surface area contributed by atoms with E-state index in [4.69, 9.17) is 4.52 Å². The largest absolute Gasteiger partial charge is 0.367 e. The lowest BCUT2D eigenvalue weighted by Gasteiger charge is -2.14. The maximum atomic E-state index is 5.15. The van der Waals surface area contributed by atoms with Crippen LogP contribution in [0.1, 0.15) is 42.8 Å². The Hall–Kier alpha value is -1.32. The highest BCUT2D eigenvalue weighted by molar-refractivity contribution is 5.83. The lowest BCUT2D eigenvalue weighted by atomic mass is 10.1. The third kappa shape index (κ3) is 2.03. The molecule has 0 saturated heterocycles. The molecule has 0 bridgehead atoms. The van der Waals surface area contributed by atoms with Crippen LogP contribution in [-0.2, 0) is 0 Å². The molecule has 2 heterocycles. The summed E-state index contributed by atoms with van der Waals surface area (Å²) in [7, 11) is 0. The summed E-state index contributed by atoms with van der Waals surface area (Å²) in [4.78, 5) is 4.40. The molecule has 0 radical (unpaired) electrons. The van der Waals surface area contributed by atoms with Crippen molar-refractivity contribution in [2.45, 2.75) is 39.7 Å². The van der Waals surface area contributed by atoms with Crippen molar-refractivity contribution in [1.29, 1.82) is 0 Å². The Morgan fingerprint density at radius 2 is 2.20 bits per heavy atom. The minimum atomic E-state index is 0.230. The van der Waals surface area contributed by atoms with Gasteiger partial charge in [-0.05, 0) is 27.2 Å². The predicted molar refractivity (Wildman–Crippen MR) is 59.1 cm³/mol. The Labute approximate surface area is 89.8 Å². The van der Waals surface area contributed by atoms with Gasteiger partial charge in [0, 0.05) is 18.5 Å². The molecule has 0 fully saturated rings. The fourth-order valence-corrected chi connectivity index (χ4v) is 2.09. The van der Waals surface area contributed by atoms with Crippen LogP contribution in [0.15, 0.2) is 9.52 Å². The first-order valence-corrected chi connectivity index (χ1v) is 5.41. The molecule has 15 heavy (non-hydrogen) atoms. The SMILES string of the molecule is Cc1noc(C)c1C(C)NC1=NCCC1. The summed E-state index contributed by atoms with van der Waals surface area (Å²) < 4.78 is 5.15. The Kier molecular flexibility index (Phi) is 2.75. The van der Waals surface area contributed by atoms with Crippen molar-refractivity contribution >= 4 is 5.84 Å². The number of amidine groups is 1. The van der Waals surface area contributed by atoms with E-state index in [1.54, 1.807) is 0 Å². The van der Waals surface area contributed by atoms with E-state index < -0.39 is 0 Å². The molecule has 1 aromatic rings. The first-order valence-electron chi connectivity index (χ1n) is 5.41. The van der Waals surface area contributed by atoms with Crippen LogP contribution >= 0.6 is 0 Å². The van der Waals surface area contributed by atoms with Crippen molar-refractivity contribution in [3.05, 3.63) is 17.0 Å². The van der Waals surface area contributed by atoms with Crippen LogP contribution in [0, 0.1) is 13.8 Å². The monoisotopic (exact) mass is 207 g/mol. The molecule has 1 atom stereocenters. The number of rotatable bonds is 2. The Balaban J connectivity index is 2.10. The van der Waals surface area contributed by atoms with E-state index in [0.29, 0.717) is 0 Å². The average molecular weight is 207 g/mol. The second kappa shape index (κ2) is 4.04. The predicted octanol–water partition coefficient (Wildman–Crippen LogP) is 2.13. The topological polar surface area (TPSA) is 50.4 Å². The number of nitrogens with one attached hydrogen (secondary N) is 1. The molecule has 0 aromatic carbocycles. The van der Waals surface area contributed by atoms with Gasteiger partial charge in [-0.25, -0.2) is 0 Å². The molecule has 4 heteroatoms. The van der Waals surface area contributed by atoms with E-state index in [0.717, 1.165) is 42.2 Å². The molecule has 0 spiro atoms. The maximum Gasteiger partial charge on any atom is 0.139 e. The quantitative estimate of drug-likeness (QED) is 0.808. The maximum absolute atomic E-state index is 5.15. The van der Waals surface area contributed by atoms with Crippen LogP contribution < -0.4 is 5.32 Å². The van der Waals surface area contributed by atoms with Gasteiger partial charge in [0.1, 0.15) is 5.76 Å². The van der Waals surface area contributed by atoms with Crippen molar-refractivity contribution in [1.82, 2.24) is 10.5 Å². The fourth-order valence-electron chi connectivity index (χ4n) is 2.09.